The lowest BCUT2D eigenvalue weighted by Gasteiger charge is -1.95. The molecule has 0 bridgehead atoms. The summed E-state index contributed by atoms with van der Waals surface area (Å²) in [5.41, 5.74) is 0. The summed E-state index contributed by atoms with van der Waals surface area (Å²) in [4.78, 5) is 20.3. The van der Waals surface area contributed by atoms with Crippen LogP contribution in [-0.2, 0) is 19.4 Å². The molecule has 0 N–H and O–H groups in total. The topological polar surface area (TPSA) is 63.3 Å². The van der Waals surface area contributed by atoms with Crippen LogP contribution >= 0.6 is 0 Å². The van der Waals surface area contributed by atoms with Crippen LogP contribution in [0.5, 0.6) is 0 Å². The highest BCUT2D eigenvalue weighted by Gasteiger charge is 1.96. The maximum atomic E-state index is 10.5. The number of hydrogen-bond donors (Lipinski definition) is 0. The van der Waals surface area contributed by atoms with Crippen LogP contribution in [0.1, 0.15) is 13.3 Å². The van der Waals surface area contributed by atoms with E-state index in [2.05, 4.69) is 4.74 Å². The Morgan fingerprint density at radius 3 is 2.45 bits per heavy atom. The molecule has 0 aliphatic carbocycles. The van der Waals surface area contributed by atoms with E-state index in [1.54, 1.807) is 0 Å². The first-order valence-corrected chi connectivity index (χ1v) is 3.22. The highest BCUT2D eigenvalue weighted by Crippen LogP contribution is 1.84. The number of hydrogen-bond acceptors (Lipinski definition) is 3. The van der Waals surface area contributed by atoms with E-state index < -0.39 is 11.9 Å². The summed E-state index contributed by atoms with van der Waals surface area (Å²) >= 11 is 0. The first kappa shape index (κ1) is 9.68. The third-order valence-electron chi connectivity index (χ3n) is 0.804. The van der Waals surface area contributed by atoms with Gasteiger partial charge in [-0.05, 0) is 6.42 Å². The summed E-state index contributed by atoms with van der Waals surface area (Å²) < 4.78 is 4.52. The Kier molecular flexibility index (Phi) is 4.81. The highest BCUT2D eigenvalue weighted by molar-refractivity contribution is 5.90. The highest BCUT2D eigenvalue weighted by atomic mass is 16.5. The minimum absolute atomic E-state index is 0.302. The molecule has 0 amide bonds. The monoisotopic (exact) mass is 157 g/mol. The van der Waals surface area contributed by atoms with Crippen LogP contribution in [0.2, 0.25) is 0 Å². The van der Waals surface area contributed by atoms with Crippen molar-refractivity contribution in [2.24, 2.45) is 0 Å². The summed E-state index contributed by atoms with van der Waals surface area (Å²) in [5, 5.41) is 9.77. The molecule has 1 radical (unpaired) electrons. The van der Waals surface area contributed by atoms with Gasteiger partial charge in [-0.15, -0.1) is 0 Å². The van der Waals surface area contributed by atoms with Gasteiger partial charge in [-0.1, -0.05) is 6.92 Å². The third kappa shape index (κ3) is 6.57. The predicted molar refractivity (Wildman–Crippen MR) is 36.1 cm³/mol. The molecule has 0 aromatic carbocycles. The Morgan fingerprint density at radius 1 is 1.36 bits per heavy atom. The molecule has 0 saturated carbocycles. The fourth-order valence-electron chi connectivity index (χ4n) is 0.387. The fourth-order valence-corrected chi connectivity index (χ4v) is 0.387. The second-order valence-electron chi connectivity index (χ2n) is 1.82. The van der Waals surface area contributed by atoms with Crippen LogP contribution in [-0.4, -0.2) is 18.5 Å². The van der Waals surface area contributed by atoms with Gasteiger partial charge in [-0.3, -0.25) is 0 Å². The molecular formula is C7H9O4. The van der Waals surface area contributed by atoms with Crippen molar-refractivity contribution in [1.29, 1.82) is 0 Å². The maximum Gasteiger partial charge on any atom is 0.379 e. The minimum atomic E-state index is -1.40. The lowest BCUT2D eigenvalue weighted by atomic mass is 10.5. The number of ether oxygens (including phenoxy) is 1. The molecule has 0 heterocycles. The zero-order valence-electron chi connectivity index (χ0n) is 6.20. The normalized spacial score (nSPS) is 9.91. The quantitative estimate of drug-likeness (QED) is 0.439. The van der Waals surface area contributed by atoms with E-state index in [0.29, 0.717) is 19.1 Å². The average Bonchev–Trinajstić information content (AvgIpc) is 1.97. The summed E-state index contributed by atoms with van der Waals surface area (Å²) in [5.74, 6) is -2.06. The second kappa shape index (κ2) is 5.46. The van der Waals surface area contributed by atoms with Crippen LogP contribution in [0.25, 0.3) is 0 Å². The molecule has 4 heteroatoms. The Bertz CT molecular complexity index is 171. The molecule has 0 aliphatic rings. The van der Waals surface area contributed by atoms with Crippen LogP contribution < -0.4 is 0 Å². The predicted octanol–water partition coefficient (Wildman–Crippen LogP) is 0.453. The second-order valence-corrected chi connectivity index (χ2v) is 1.82. The fraction of sp³-hybridized carbons (Fsp3) is 0.429. The molecule has 0 saturated heterocycles. The van der Waals surface area contributed by atoms with E-state index in [1.165, 1.54) is 0 Å². The molecular weight excluding hydrogens is 148 g/mol. The van der Waals surface area contributed by atoms with Gasteiger partial charge in [0.15, 0.2) is 0 Å². The van der Waals surface area contributed by atoms with Crippen molar-refractivity contribution in [3.05, 3.63) is 12.2 Å². The SMILES string of the molecule is CCCOC(=O)/C=C\C([O])=O. The molecule has 4 nitrogen and oxygen atoms in total. The van der Waals surface area contributed by atoms with E-state index in [0.717, 1.165) is 6.08 Å². The minimum Gasteiger partial charge on any atom is -0.463 e. The van der Waals surface area contributed by atoms with E-state index in [1.807, 2.05) is 6.92 Å². The summed E-state index contributed by atoms with van der Waals surface area (Å²) in [7, 11) is 0. The van der Waals surface area contributed by atoms with Crippen LogP contribution in [0.3, 0.4) is 0 Å². The summed E-state index contributed by atoms with van der Waals surface area (Å²) in [6, 6.07) is 0. The van der Waals surface area contributed by atoms with E-state index in [-0.39, 0.29) is 0 Å². The molecule has 0 atom stereocenters. The third-order valence-corrected chi connectivity index (χ3v) is 0.804. The number of rotatable bonds is 4. The van der Waals surface area contributed by atoms with Gasteiger partial charge in [0.05, 0.1) is 6.61 Å². The smallest absolute Gasteiger partial charge is 0.379 e. The van der Waals surface area contributed by atoms with Gasteiger partial charge in [0.1, 0.15) is 0 Å². The molecule has 11 heavy (non-hydrogen) atoms. The lowest BCUT2D eigenvalue weighted by molar-refractivity contribution is -0.140. The number of esters is 1. The van der Waals surface area contributed by atoms with E-state index in [4.69, 9.17) is 0 Å². The molecule has 61 valence electrons. The Balaban J connectivity index is 3.60. The van der Waals surface area contributed by atoms with Crippen LogP contribution in [0.15, 0.2) is 12.2 Å². The van der Waals surface area contributed by atoms with Gasteiger partial charge in [0.25, 0.3) is 0 Å². The van der Waals surface area contributed by atoms with Gasteiger partial charge in [-0.25, -0.2) is 14.7 Å². The molecule has 0 aromatic heterocycles. The molecule has 0 unspecified atom stereocenters. The molecule has 0 fully saturated rings. The first-order valence-electron chi connectivity index (χ1n) is 3.22. The molecule has 0 rings (SSSR count). The van der Waals surface area contributed by atoms with Crippen molar-refractivity contribution in [2.45, 2.75) is 13.3 Å². The Morgan fingerprint density at radius 2 is 2.00 bits per heavy atom. The maximum absolute atomic E-state index is 10.5. The van der Waals surface area contributed by atoms with E-state index in [9.17, 15) is 14.7 Å². The lowest BCUT2D eigenvalue weighted by Crippen LogP contribution is -2.01. The summed E-state index contributed by atoms with van der Waals surface area (Å²) in [6.07, 6.45) is 2.17. The van der Waals surface area contributed by atoms with Crippen molar-refractivity contribution in [2.75, 3.05) is 6.61 Å². The Hall–Kier alpha value is -1.32. The average molecular weight is 157 g/mol. The molecule has 0 aliphatic heterocycles. The van der Waals surface area contributed by atoms with Crippen molar-refractivity contribution in [1.82, 2.24) is 0 Å². The van der Waals surface area contributed by atoms with Crippen molar-refractivity contribution in [3.63, 3.8) is 0 Å². The van der Waals surface area contributed by atoms with Crippen molar-refractivity contribution < 1.29 is 19.4 Å². The number of carbonyl (C=O) groups excluding carboxylic acids is 2. The van der Waals surface area contributed by atoms with Gasteiger partial charge < -0.3 is 4.74 Å². The standard InChI is InChI=1S/C7H9O4/c1-2-5-11-7(10)4-3-6(8)9/h3-4H,2,5H2,1H3/b4-3-. The molecule has 0 aromatic rings. The molecule has 0 spiro atoms. The van der Waals surface area contributed by atoms with Crippen molar-refractivity contribution >= 4 is 11.9 Å². The van der Waals surface area contributed by atoms with Crippen LogP contribution in [0.4, 0.5) is 0 Å². The Labute approximate surface area is 64.5 Å². The zero-order chi connectivity index (χ0) is 8.69. The van der Waals surface area contributed by atoms with Gasteiger partial charge in [-0.2, -0.15) is 0 Å². The van der Waals surface area contributed by atoms with Crippen molar-refractivity contribution in [3.8, 4) is 0 Å². The largest absolute Gasteiger partial charge is 0.463 e. The van der Waals surface area contributed by atoms with E-state index >= 15 is 0 Å². The summed E-state index contributed by atoms with van der Waals surface area (Å²) in [6.45, 7) is 2.14. The van der Waals surface area contributed by atoms with Gasteiger partial charge in [0.2, 0.25) is 0 Å². The first-order chi connectivity index (χ1) is 5.16. The van der Waals surface area contributed by atoms with Gasteiger partial charge >= 0.3 is 11.9 Å². The number of carbonyl (C=O) groups is 2. The zero-order valence-corrected chi connectivity index (χ0v) is 6.20. The van der Waals surface area contributed by atoms with Gasteiger partial charge in [0, 0.05) is 12.2 Å². The van der Waals surface area contributed by atoms with Crippen LogP contribution in [0, 0.1) is 0 Å².